The van der Waals surface area contributed by atoms with Crippen LogP contribution in [0.1, 0.15) is 87.0 Å². The molecule has 334 valence electrons. The summed E-state index contributed by atoms with van der Waals surface area (Å²) >= 11 is 0. The van der Waals surface area contributed by atoms with Gasteiger partial charge in [-0.15, -0.1) is 0 Å². The van der Waals surface area contributed by atoms with Gasteiger partial charge in [-0.1, -0.05) is 20.8 Å². The molecule has 3 aliphatic heterocycles. The fourth-order valence-electron chi connectivity index (χ4n) is 8.46. The zero-order valence-electron chi connectivity index (χ0n) is 35.8. The van der Waals surface area contributed by atoms with E-state index in [1.807, 2.05) is 47.6 Å². The summed E-state index contributed by atoms with van der Waals surface area (Å²) in [5, 5.41) is 51.8. The van der Waals surface area contributed by atoms with Crippen molar-refractivity contribution in [3.05, 3.63) is 11.8 Å². The molecule has 12 atom stereocenters. The highest BCUT2D eigenvalue weighted by molar-refractivity contribution is 5.80. The number of nitrogens with zero attached hydrogens (tertiary/aromatic N) is 2. The topological polar surface area (TPSA) is 278 Å². The average molecular weight is 828 g/mol. The molecule has 4 aliphatic rings. The number of hydrogen-bond acceptors (Lipinski definition) is 15. The Labute approximate surface area is 343 Å². The Morgan fingerprint density at radius 3 is 2.34 bits per heavy atom. The minimum absolute atomic E-state index is 0.00333. The van der Waals surface area contributed by atoms with Crippen molar-refractivity contribution in [2.75, 3.05) is 46.4 Å². The van der Waals surface area contributed by atoms with Gasteiger partial charge in [0.05, 0.1) is 31.3 Å². The smallest absolute Gasteiger partial charge is 0.410 e. The third-order valence-corrected chi connectivity index (χ3v) is 11.5. The molecule has 0 aromatic heterocycles. The first-order chi connectivity index (χ1) is 26.9. The van der Waals surface area contributed by atoms with E-state index < -0.39 is 84.0 Å². The Morgan fingerprint density at radius 1 is 1.09 bits per heavy atom. The number of likely N-dealkylation sites (tertiary alicyclic amines) is 1. The predicted octanol–water partition coefficient (Wildman–Crippen LogP) is -0.758. The lowest BCUT2D eigenvalue weighted by molar-refractivity contribution is -0.306. The van der Waals surface area contributed by atoms with Crippen molar-refractivity contribution >= 4 is 17.9 Å². The van der Waals surface area contributed by atoms with Crippen LogP contribution in [0.25, 0.3) is 0 Å². The molecule has 12 N–H and O–H groups in total. The summed E-state index contributed by atoms with van der Waals surface area (Å²) in [4.78, 5) is 41.9. The van der Waals surface area contributed by atoms with Crippen molar-refractivity contribution in [3.63, 3.8) is 0 Å². The van der Waals surface area contributed by atoms with Crippen molar-refractivity contribution in [1.82, 2.24) is 20.4 Å². The van der Waals surface area contributed by atoms with Crippen LogP contribution in [0.5, 0.6) is 0 Å². The number of aliphatic hydroxyl groups is 4. The summed E-state index contributed by atoms with van der Waals surface area (Å²) in [6.45, 7) is 14.8. The van der Waals surface area contributed by atoms with Crippen LogP contribution in [0.2, 0.25) is 0 Å². The first-order valence-electron chi connectivity index (χ1n) is 20.8. The van der Waals surface area contributed by atoms with Crippen LogP contribution < -0.4 is 27.8 Å². The Morgan fingerprint density at radius 2 is 1.74 bits per heavy atom. The molecule has 58 heavy (non-hydrogen) atoms. The average Bonchev–Trinajstić information content (AvgIpc) is 3.10. The number of amides is 3. The molecule has 18 nitrogen and oxygen atoms in total. The maximum Gasteiger partial charge on any atom is 0.410 e. The minimum atomic E-state index is -1.66. The first-order valence-corrected chi connectivity index (χ1v) is 20.8. The van der Waals surface area contributed by atoms with E-state index in [9.17, 15) is 34.8 Å². The van der Waals surface area contributed by atoms with Crippen LogP contribution in [0.3, 0.4) is 0 Å². The fourth-order valence-corrected chi connectivity index (χ4v) is 8.46. The summed E-state index contributed by atoms with van der Waals surface area (Å²) < 4.78 is 24.2. The lowest BCUT2D eigenvalue weighted by atomic mass is 9.72. The molecule has 1 saturated carbocycles. The predicted molar refractivity (Wildman–Crippen MR) is 215 cm³/mol. The van der Waals surface area contributed by atoms with Crippen molar-refractivity contribution in [1.29, 1.82) is 0 Å². The second-order valence-electron chi connectivity index (χ2n) is 19.2. The molecule has 0 aromatic carbocycles. The van der Waals surface area contributed by atoms with E-state index in [4.69, 9.17) is 36.1 Å². The number of nitrogens with two attached hydrogens (primary N) is 3. The maximum absolute atomic E-state index is 13.3. The maximum atomic E-state index is 13.3. The van der Waals surface area contributed by atoms with Gasteiger partial charge in [0.1, 0.15) is 41.4 Å². The molecule has 3 fully saturated rings. The van der Waals surface area contributed by atoms with Gasteiger partial charge in [-0.2, -0.15) is 0 Å². The van der Waals surface area contributed by atoms with E-state index in [-0.39, 0.29) is 49.8 Å². The molecule has 1 aliphatic carbocycles. The molecule has 2 saturated heterocycles. The zero-order valence-corrected chi connectivity index (χ0v) is 35.8. The second kappa shape index (κ2) is 19.8. The van der Waals surface area contributed by atoms with E-state index >= 15 is 0 Å². The highest BCUT2D eigenvalue weighted by Crippen LogP contribution is 2.37. The van der Waals surface area contributed by atoms with E-state index in [1.54, 1.807) is 4.90 Å². The minimum Gasteiger partial charge on any atom is -0.492 e. The van der Waals surface area contributed by atoms with E-state index in [0.29, 0.717) is 44.3 Å². The summed E-state index contributed by atoms with van der Waals surface area (Å²) in [7, 11) is 1.50. The van der Waals surface area contributed by atoms with E-state index in [1.165, 1.54) is 18.9 Å². The number of hydrogen-bond donors (Lipinski definition) is 9. The molecular weight excluding hydrogens is 754 g/mol. The molecule has 0 spiro atoms. The second-order valence-corrected chi connectivity index (χ2v) is 19.2. The van der Waals surface area contributed by atoms with E-state index in [2.05, 4.69) is 10.6 Å². The fraction of sp³-hybridized carbons (Fsp3) is 0.875. The van der Waals surface area contributed by atoms with Crippen molar-refractivity contribution in [2.45, 2.75) is 159 Å². The van der Waals surface area contributed by atoms with Crippen LogP contribution in [0.4, 0.5) is 4.79 Å². The Kier molecular flexibility index (Phi) is 16.4. The number of ether oxygens (including phenoxy) is 4. The van der Waals surface area contributed by atoms with Gasteiger partial charge in [-0.25, -0.2) is 4.79 Å². The summed E-state index contributed by atoms with van der Waals surface area (Å²) in [5.74, 6) is -0.865. The highest BCUT2D eigenvalue weighted by atomic mass is 16.7. The van der Waals surface area contributed by atoms with Crippen LogP contribution in [-0.4, -0.2) is 167 Å². The standard InChI is InChI=1S/C40H73N7O11/c1-38(2,3)18-28(49)46(8)34-31(51)36(55-21-40(34,7)54)57-33-26(45-35(52)27(48)11-14-41)17-25(43)29(30(33)50)32-24(42)10-9-23(56-32)20-44-19-22-12-15-47(16-13-22)37(53)58-39(4,5)6/h9,22,24-27,29-34,36,44,48,50-51,54H,10-21,41-43H2,1-8H3,(H,45,52)/t24-,25+,26-,27+,29?,30+,31-,32+,33+,34-,36-,40+/m1/s1. The SMILES string of the molecule is CN(C(=O)CC(C)(C)C)[C@@H]1[C@@H](O)[C@@H](O[C@H]2[C@H](NC(=O)[C@@H](O)CCN)C[C@H](N)C([C@H]3OC(CNCC4CCN(C(=O)OC(C)(C)C)CC4)=CC[C@H]3N)[C@@H]2O)OC[C@]1(C)O. The molecule has 1 unspecified atom stereocenters. The van der Waals surface area contributed by atoms with Crippen LogP contribution in [-0.2, 0) is 28.5 Å². The van der Waals surface area contributed by atoms with Gasteiger partial charge in [-0.05, 0) is 90.3 Å². The summed E-state index contributed by atoms with van der Waals surface area (Å²) in [5.41, 5.74) is 16.4. The van der Waals surface area contributed by atoms with Gasteiger partial charge in [0.25, 0.3) is 0 Å². The van der Waals surface area contributed by atoms with Crippen LogP contribution in [0.15, 0.2) is 11.8 Å². The largest absolute Gasteiger partial charge is 0.492 e. The zero-order chi connectivity index (χ0) is 43.3. The Hall–Kier alpha value is -2.65. The van der Waals surface area contributed by atoms with Gasteiger partial charge in [0.15, 0.2) is 6.29 Å². The number of rotatable bonds is 13. The third kappa shape index (κ3) is 12.7. The van der Waals surface area contributed by atoms with Crippen molar-refractivity contribution < 1.29 is 53.8 Å². The molecule has 0 aromatic rings. The number of carbonyl (C=O) groups is 3. The summed E-state index contributed by atoms with van der Waals surface area (Å²) in [6.07, 6.45) is -3.96. The van der Waals surface area contributed by atoms with Gasteiger partial charge < -0.3 is 77.0 Å². The first kappa shape index (κ1) is 48.0. The molecule has 4 rings (SSSR count). The van der Waals surface area contributed by atoms with Crippen molar-refractivity contribution in [2.24, 2.45) is 34.5 Å². The highest BCUT2D eigenvalue weighted by Gasteiger charge is 2.55. The monoisotopic (exact) mass is 828 g/mol. The lowest BCUT2D eigenvalue weighted by Crippen LogP contribution is -2.70. The molecule has 0 radical (unpaired) electrons. The number of likely N-dealkylation sites (N-methyl/N-ethyl adjacent to an activating group) is 1. The molecular formula is C40H73N7O11. The molecule has 3 heterocycles. The number of carbonyl (C=O) groups excluding carboxylic acids is 3. The van der Waals surface area contributed by atoms with Crippen LogP contribution >= 0.6 is 0 Å². The Balaban J connectivity index is 1.47. The lowest BCUT2D eigenvalue weighted by Gasteiger charge is -2.51. The summed E-state index contributed by atoms with van der Waals surface area (Å²) in [6, 6.07) is -3.41. The Bertz CT molecular complexity index is 1410. The van der Waals surface area contributed by atoms with E-state index in [0.717, 1.165) is 12.8 Å². The third-order valence-electron chi connectivity index (χ3n) is 11.5. The van der Waals surface area contributed by atoms with Gasteiger partial charge in [-0.3, -0.25) is 9.59 Å². The number of nitrogens with one attached hydrogen (secondary N) is 2. The molecule has 0 bridgehead atoms. The van der Waals surface area contributed by atoms with Gasteiger partial charge >= 0.3 is 6.09 Å². The number of piperidine rings is 1. The molecule has 18 heteroatoms. The van der Waals surface area contributed by atoms with Gasteiger partial charge in [0, 0.05) is 44.6 Å². The van der Waals surface area contributed by atoms with Gasteiger partial charge in [0.2, 0.25) is 11.8 Å². The molecule has 3 amide bonds. The number of aliphatic hydroxyl groups excluding tert-OH is 3. The quantitative estimate of drug-likeness (QED) is 0.110. The van der Waals surface area contributed by atoms with Crippen LogP contribution in [0, 0.1) is 17.3 Å². The normalized spacial score (nSPS) is 34.4. The van der Waals surface area contributed by atoms with Crippen molar-refractivity contribution in [3.8, 4) is 0 Å².